The van der Waals surface area contributed by atoms with Gasteiger partial charge in [-0.3, -0.25) is 4.79 Å². The quantitative estimate of drug-likeness (QED) is 0.776. The summed E-state index contributed by atoms with van der Waals surface area (Å²) in [6, 6.07) is 12.2. The third kappa shape index (κ3) is 3.23. The van der Waals surface area contributed by atoms with Gasteiger partial charge in [0, 0.05) is 11.3 Å². The molecule has 0 aliphatic rings. The minimum absolute atomic E-state index is 0.0960. The molecule has 1 aromatic carbocycles. The van der Waals surface area contributed by atoms with Gasteiger partial charge in [-0.1, -0.05) is 42.5 Å². The third-order valence-corrected chi connectivity index (χ3v) is 7.63. The SMILES string of the molecule is C=CC(c1cccs1)S(=O)(=O)C(C)(Cc1ccccc1)C(=O)O. The number of carbonyl (C=O) groups is 1. The molecule has 4 nitrogen and oxygen atoms in total. The maximum atomic E-state index is 13.1. The van der Waals surface area contributed by atoms with Crippen LogP contribution in [0.25, 0.3) is 0 Å². The Morgan fingerprint density at radius 2 is 1.96 bits per heavy atom. The van der Waals surface area contributed by atoms with Gasteiger partial charge in [-0.2, -0.15) is 0 Å². The number of carboxylic acid groups (broad SMARTS) is 1. The molecule has 0 aliphatic carbocycles. The summed E-state index contributed by atoms with van der Waals surface area (Å²) in [7, 11) is -4.04. The average Bonchev–Trinajstić information content (AvgIpc) is 3.02. The minimum Gasteiger partial charge on any atom is -0.480 e. The lowest BCUT2D eigenvalue weighted by molar-refractivity contribution is -0.139. The Balaban J connectivity index is 2.50. The average molecular weight is 350 g/mol. The van der Waals surface area contributed by atoms with Crippen molar-refractivity contribution in [2.45, 2.75) is 23.3 Å². The first kappa shape index (κ1) is 17.4. The molecule has 1 N–H and O–H groups in total. The van der Waals surface area contributed by atoms with Crippen molar-refractivity contribution in [2.75, 3.05) is 0 Å². The van der Waals surface area contributed by atoms with Gasteiger partial charge in [0.1, 0.15) is 5.25 Å². The van der Waals surface area contributed by atoms with E-state index in [1.54, 1.807) is 47.8 Å². The van der Waals surface area contributed by atoms with E-state index in [9.17, 15) is 18.3 Å². The second-order valence-electron chi connectivity index (χ2n) is 5.42. The molecule has 1 aromatic heterocycles. The lowest BCUT2D eigenvalue weighted by Crippen LogP contribution is -2.47. The van der Waals surface area contributed by atoms with Gasteiger partial charge in [0.05, 0.1) is 0 Å². The smallest absolute Gasteiger partial charge is 0.325 e. The highest BCUT2D eigenvalue weighted by molar-refractivity contribution is 7.94. The monoisotopic (exact) mass is 350 g/mol. The van der Waals surface area contributed by atoms with Crippen molar-refractivity contribution in [3.8, 4) is 0 Å². The van der Waals surface area contributed by atoms with Crippen LogP contribution in [0.4, 0.5) is 0 Å². The van der Waals surface area contributed by atoms with E-state index in [1.165, 1.54) is 24.3 Å². The number of carboxylic acids is 1. The largest absolute Gasteiger partial charge is 0.480 e. The number of hydrogen-bond acceptors (Lipinski definition) is 4. The van der Waals surface area contributed by atoms with E-state index in [1.807, 2.05) is 0 Å². The number of sulfone groups is 1. The second kappa shape index (κ2) is 6.68. The first-order chi connectivity index (χ1) is 10.8. The Morgan fingerprint density at radius 3 is 2.43 bits per heavy atom. The molecule has 6 heteroatoms. The molecular weight excluding hydrogens is 332 g/mol. The van der Waals surface area contributed by atoms with Crippen LogP contribution in [0.1, 0.15) is 22.6 Å². The molecule has 0 fully saturated rings. The lowest BCUT2D eigenvalue weighted by Gasteiger charge is -2.28. The van der Waals surface area contributed by atoms with E-state index in [-0.39, 0.29) is 6.42 Å². The zero-order valence-corrected chi connectivity index (χ0v) is 14.3. The zero-order valence-electron chi connectivity index (χ0n) is 12.7. The van der Waals surface area contributed by atoms with Crippen LogP contribution in [0.3, 0.4) is 0 Å². The predicted octanol–water partition coefficient (Wildman–Crippen LogP) is 3.48. The molecule has 0 spiro atoms. The highest BCUT2D eigenvalue weighted by Crippen LogP contribution is 2.37. The van der Waals surface area contributed by atoms with E-state index in [2.05, 4.69) is 6.58 Å². The van der Waals surface area contributed by atoms with Crippen LogP contribution in [0, 0.1) is 0 Å². The van der Waals surface area contributed by atoms with Crippen LogP contribution in [-0.4, -0.2) is 24.2 Å². The Labute approximate surface area is 140 Å². The van der Waals surface area contributed by atoms with Gasteiger partial charge in [-0.15, -0.1) is 17.9 Å². The lowest BCUT2D eigenvalue weighted by atomic mass is 10.0. The van der Waals surface area contributed by atoms with Crippen molar-refractivity contribution in [3.63, 3.8) is 0 Å². The van der Waals surface area contributed by atoms with Crippen molar-refractivity contribution in [1.82, 2.24) is 0 Å². The topological polar surface area (TPSA) is 71.4 Å². The van der Waals surface area contributed by atoms with Crippen LogP contribution >= 0.6 is 11.3 Å². The van der Waals surface area contributed by atoms with E-state index in [0.29, 0.717) is 10.4 Å². The van der Waals surface area contributed by atoms with E-state index in [4.69, 9.17) is 0 Å². The maximum absolute atomic E-state index is 13.1. The van der Waals surface area contributed by atoms with Crippen LogP contribution < -0.4 is 0 Å². The van der Waals surface area contributed by atoms with E-state index >= 15 is 0 Å². The van der Waals surface area contributed by atoms with Crippen LogP contribution in [-0.2, 0) is 21.1 Å². The normalized spacial score (nSPS) is 15.5. The first-order valence-corrected chi connectivity index (χ1v) is 9.42. The van der Waals surface area contributed by atoms with Crippen molar-refractivity contribution in [2.24, 2.45) is 0 Å². The molecule has 0 aliphatic heterocycles. The molecule has 0 bridgehead atoms. The van der Waals surface area contributed by atoms with Crippen LogP contribution in [0.5, 0.6) is 0 Å². The van der Waals surface area contributed by atoms with E-state index in [0.717, 1.165) is 0 Å². The maximum Gasteiger partial charge on any atom is 0.325 e. The number of hydrogen-bond donors (Lipinski definition) is 1. The highest BCUT2D eigenvalue weighted by atomic mass is 32.2. The molecule has 2 unspecified atom stereocenters. The number of benzene rings is 1. The fourth-order valence-corrected chi connectivity index (χ4v) is 5.47. The van der Waals surface area contributed by atoms with Gasteiger partial charge < -0.3 is 5.11 Å². The number of aliphatic carboxylic acids is 1. The summed E-state index contributed by atoms with van der Waals surface area (Å²) in [5, 5.41) is 10.4. The Kier molecular flexibility index (Phi) is 5.06. The van der Waals surface area contributed by atoms with Crippen LogP contribution in [0.15, 0.2) is 60.5 Å². The van der Waals surface area contributed by atoms with Crippen molar-refractivity contribution in [1.29, 1.82) is 0 Å². The minimum atomic E-state index is -4.04. The summed E-state index contributed by atoms with van der Waals surface area (Å²) >= 11 is 1.27. The first-order valence-electron chi connectivity index (χ1n) is 6.99. The van der Waals surface area contributed by atoms with Crippen molar-refractivity contribution in [3.05, 3.63) is 70.9 Å². The molecule has 1 heterocycles. The molecule has 0 saturated heterocycles. The molecule has 0 radical (unpaired) electrons. The van der Waals surface area contributed by atoms with E-state index < -0.39 is 25.8 Å². The standard InChI is InChI=1S/C17H18O4S2/c1-3-15(14-10-7-11-22-14)23(20,21)17(2,16(18)19)12-13-8-5-4-6-9-13/h3-11,15H,1,12H2,2H3,(H,18,19). The van der Waals surface area contributed by atoms with Crippen LogP contribution in [0.2, 0.25) is 0 Å². The van der Waals surface area contributed by atoms with Gasteiger partial charge in [0.2, 0.25) is 0 Å². The number of rotatable bonds is 7. The van der Waals surface area contributed by atoms with Gasteiger partial charge >= 0.3 is 5.97 Å². The molecule has 23 heavy (non-hydrogen) atoms. The fourth-order valence-electron chi connectivity index (χ4n) is 2.41. The molecule has 2 aromatic rings. The third-order valence-electron chi connectivity index (χ3n) is 3.84. The van der Waals surface area contributed by atoms with Gasteiger partial charge in [-0.05, 0) is 23.9 Å². The van der Waals surface area contributed by atoms with Gasteiger partial charge in [-0.25, -0.2) is 8.42 Å². The molecule has 0 amide bonds. The highest BCUT2D eigenvalue weighted by Gasteiger charge is 2.50. The molecule has 0 saturated carbocycles. The summed E-state index contributed by atoms with van der Waals surface area (Å²) in [6.07, 6.45) is 1.20. The van der Waals surface area contributed by atoms with Gasteiger partial charge in [0.25, 0.3) is 0 Å². The molecular formula is C17H18O4S2. The second-order valence-corrected chi connectivity index (χ2v) is 8.89. The predicted molar refractivity (Wildman–Crippen MR) is 92.4 cm³/mol. The fraction of sp³-hybridized carbons (Fsp3) is 0.235. The molecule has 2 atom stereocenters. The van der Waals surface area contributed by atoms with Crippen molar-refractivity contribution < 1.29 is 18.3 Å². The summed E-state index contributed by atoms with van der Waals surface area (Å²) in [4.78, 5) is 12.4. The Hall–Kier alpha value is -1.92. The van der Waals surface area contributed by atoms with Crippen molar-refractivity contribution >= 4 is 27.1 Å². The summed E-state index contributed by atoms with van der Waals surface area (Å²) in [6.45, 7) is 4.86. The summed E-state index contributed by atoms with van der Waals surface area (Å²) < 4.78 is 24.2. The van der Waals surface area contributed by atoms with Gasteiger partial charge in [0.15, 0.2) is 14.6 Å². The summed E-state index contributed by atoms with van der Waals surface area (Å²) in [5.74, 6) is -1.36. The number of thiophene rings is 1. The molecule has 122 valence electrons. The summed E-state index contributed by atoms with van der Waals surface area (Å²) in [5.41, 5.74) is 0.662. The Bertz CT molecular complexity index is 779. The zero-order chi connectivity index (χ0) is 17.1. The Morgan fingerprint density at radius 1 is 1.30 bits per heavy atom. The molecule has 2 rings (SSSR count).